The van der Waals surface area contributed by atoms with Crippen molar-refractivity contribution in [3.05, 3.63) is 0 Å². The summed E-state index contributed by atoms with van der Waals surface area (Å²) in [7, 11) is 8.42. The first-order chi connectivity index (χ1) is 24.8. The van der Waals surface area contributed by atoms with E-state index in [0.717, 1.165) is 71.4 Å². The van der Waals surface area contributed by atoms with Crippen LogP contribution in [0.3, 0.4) is 0 Å². The fraction of sp³-hybridized carbons (Fsp3) is 0.956. The largest absolute Gasteiger partial charge is 0.343 e. The summed E-state index contributed by atoms with van der Waals surface area (Å²) < 4.78 is 0. The molecule has 0 spiro atoms. The Morgan fingerprint density at radius 1 is 0.308 bits per heavy atom. The number of nitrogens with zero attached hydrogens (tertiary/aromatic N) is 4. The van der Waals surface area contributed by atoms with Crippen LogP contribution in [0.5, 0.6) is 0 Å². The summed E-state index contributed by atoms with van der Waals surface area (Å²) >= 11 is 0. The van der Waals surface area contributed by atoms with Crippen LogP contribution in [-0.4, -0.2) is 98.9 Å². The molecule has 0 bridgehead atoms. The zero-order chi connectivity index (χ0) is 37.6. The Morgan fingerprint density at radius 2 is 0.519 bits per heavy atom. The van der Waals surface area contributed by atoms with Gasteiger partial charge in [-0.3, -0.25) is 9.59 Å². The van der Waals surface area contributed by atoms with Crippen molar-refractivity contribution in [1.82, 2.24) is 19.6 Å². The van der Waals surface area contributed by atoms with Gasteiger partial charge in [0.05, 0.1) is 0 Å². The normalized spacial score (nSPS) is 11.4. The van der Waals surface area contributed by atoms with Gasteiger partial charge in [-0.05, 0) is 73.4 Å². The minimum Gasteiger partial charge on any atom is -0.343 e. The average Bonchev–Trinajstić information content (AvgIpc) is 3.10. The molecule has 6 nitrogen and oxygen atoms in total. The van der Waals surface area contributed by atoms with Gasteiger partial charge in [-0.25, -0.2) is 0 Å². The highest BCUT2D eigenvalue weighted by Crippen LogP contribution is 2.16. The minimum atomic E-state index is 0. The molecule has 52 heavy (non-hydrogen) atoms. The Labute approximate surface area is 332 Å². The minimum absolute atomic E-state index is 0. The van der Waals surface area contributed by atoms with Gasteiger partial charge >= 0.3 is 0 Å². The first-order valence-electron chi connectivity index (χ1n) is 22.7. The Hall–Kier alpha value is -0.850. The van der Waals surface area contributed by atoms with Gasteiger partial charge in [0.2, 0.25) is 11.8 Å². The molecule has 0 fully saturated rings. The predicted molar refractivity (Wildman–Crippen MR) is 232 cm³/mol. The first kappa shape index (κ1) is 53.3. The van der Waals surface area contributed by atoms with Crippen LogP contribution in [0.15, 0.2) is 0 Å². The van der Waals surface area contributed by atoms with E-state index in [0.29, 0.717) is 24.7 Å². The molecule has 0 heterocycles. The van der Waals surface area contributed by atoms with Crippen LogP contribution in [0.4, 0.5) is 0 Å². The highest BCUT2D eigenvalue weighted by Gasteiger charge is 2.17. The van der Waals surface area contributed by atoms with Crippen molar-refractivity contribution in [3.63, 3.8) is 0 Å². The molecular formula is C45H93ClN4O2. The topological polar surface area (TPSA) is 47.1 Å². The van der Waals surface area contributed by atoms with Crippen molar-refractivity contribution in [3.8, 4) is 0 Å². The molecule has 0 radical (unpaired) electrons. The summed E-state index contributed by atoms with van der Waals surface area (Å²) in [6.07, 6.45) is 38.7. The van der Waals surface area contributed by atoms with Crippen LogP contribution in [0.1, 0.15) is 213 Å². The van der Waals surface area contributed by atoms with Crippen molar-refractivity contribution in [2.75, 3.05) is 67.5 Å². The van der Waals surface area contributed by atoms with Crippen molar-refractivity contribution >= 4 is 24.2 Å². The maximum absolute atomic E-state index is 13.4. The van der Waals surface area contributed by atoms with Crippen molar-refractivity contribution in [2.24, 2.45) is 0 Å². The third kappa shape index (κ3) is 37.5. The molecule has 0 N–H and O–H groups in total. The van der Waals surface area contributed by atoms with E-state index in [9.17, 15) is 9.59 Å². The lowest BCUT2D eigenvalue weighted by Gasteiger charge is -2.27. The summed E-state index contributed by atoms with van der Waals surface area (Å²) in [4.78, 5) is 35.3. The van der Waals surface area contributed by atoms with Crippen LogP contribution < -0.4 is 0 Å². The van der Waals surface area contributed by atoms with E-state index in [-0.39, 0.29) is 12.4 Å². The van der Waals surface area contributed by atoms with Crippen LogP contribution in [-0.2, 0) is 9.59 Å². The molecule has 0 atom stereocenters. The second kappa shape index (κ2) is 41.3. The number of hydrogen-bond donors (Lipinski definition) is 0. The monoisotopic (exact) mass is 757 g/mol. The van der Waals surface area contributed by atoms with Crippen molar-refractivity contribution in [2.45, 2.75) is 213 Å². The first-order valence-corrected chi connectivity index (χ1v) is 22.7. The molecule has 0 saturated carbocycles. The Morgan fingerprint density at radius 3 is 0.750 bits per heavy atom. The molecule has 2 amide bonds. The molecule has 0 aliphatic rings. The van der Waals surface area contributed by atoms with E-state index in [4.69, 9.17) is 0 Å². The van der Waals surface area contributed by atoms with E-state index in [1.54, 1.807) is 0 Å². The van der Waals surface area contributed by atoms with Gasteiger partial charge in [0.25, 0.3) is 0 Å². The summed E-state index contributed by atoms with van der Waals surface area (Å²) in [6.45, 7) is 9.74. The SMILES string of the molecule is CCCCCCCCCCCCCCCC(=O)N(CCCN(C)C)CCCN(CCCN(C)C)C(=O)CCCCCCCCCCCCCCC.Cl. The fourth-order valence-electron chi connectivity index (χ4n) is 7.23. The second-order valence-electron chi connectivity index (χ2n) is 16.4. The molecule has 7 heteroatoms. The van der Waals surface area contributed by atoms with Crippen LogP contribution >= 0.6 is 12.4 Å². The number of carbonyl (C=O) groups is 2. The molecule has 0 aliphatic heterocycles. The van der Waals surface area contributed by atoms with Crippen molar-refractivity contribution in [1.29, 1.82) is 0 Å². The lowest BCUT2D eigenvalue weighted by atomic mass is 10.0. The van der Waals surface area contributed by atoms with E-state index >= 15 is 0 Å². The molecule has 0 aromatic heterocycles. The van der Waals surface area contributed by atoms with Gasteiger partial charge in [-0.1, -0.05) is 168 Å². The zero-order valence-corrected chi connectivity index (χ0v) is 37.0. The summed E-state index contributed by atoms with van der Waals surface area (Å²) in [5.41, 5.74) is 0. The summed E-state index contributed by atoms with van der Waals surface area (Å²) in [5, 5.41) is 0. The third-order valence-corrected chi connectivity index (χ3v) is 10.6. The third-order valence-electron chi connectivity index (χ3n) is 10.6. The number of carbonyl (C=O) groups excluding carboxylic acids is 2. The molecule has 0 rings (SSSR count). The highest BCUT2D eigenvalue weighted by atomic mass is 35.5. The Kier molecular flexibility index (Phi) is 42.3. The maximum atomic E-state index is 13.4. The van der Waals surface area contributed by atoms with Crippen LogP contribution in [0.2, 0.25) is 0 Å². The van der Waals surface area contributed by atoms with Gasteiger partial charge in [0.15, 0.2) is 0 Å². The molecule has 0 aromatic rings. The van der Waals surface area contributed by atoms with E-state index in [1.165, 1.54) is 154 Å². The summed E-state index contributed by atoms with van der Waals surface area (Å²) in [6, 6.07) is 0. The number of rotatable bonds is 40. The predicted octanol–water partition coefficient (Wildman–Crippen LogP) is 12.3. The van der Waals surface area contributed by atoms with Crippen LogP contribution in [0.25, 0.3) is 0 Å². The molecule has 0 unspecified atom stereocenters. The lowest BCUT2D eigenvalue weighted by molar-refractivity contribution is -0.132. The Bertz CT molecular complexity index is 691. The van der Waals surface area contributed by atoms with Gasteiger partial charge in [-0.15, -0.1) is 12.4 Å². The highest BCUT2D eigenvalue weighted by molar-refractivity contribution is 5.85. The van der Waals surface area contributed by atoms with Gasteiger partial charge in [-0.2, -0.15) is 0 Å². The number of hydrogen-bond acceptors (Lipinski definition) is 4. The van der Waals surface area contributed by atoms with E-state index < -0.39 is 0 Å². The van der Waals surface area contributed by atoms with Gasteiger partial charge in [0.1, 0.15) is 0 Å². The average molecular weight is 758 g/mol. The molecule has 0 saturated heterocycles. The molecule has 0 aromatic carbocycles. The Balaban J connectivity index is 0. The van der Waals surface area contributed by atoms with E-state index in [1.807, 2.05) is 0 Å². The number of halogens is 1. The number of unbranched alkanes of at least 4 members (excludes halogenated alkanes) is 24. The number of amides is 2. The zero-order valence-electron chi connectivity index (χ0n) is 36.2. The maximum Gasteiger partial charge on any atom is 0.222 e. The summed E-state index contributed by atoms with van der Waals surface area (Å²) in [5.74, 6) is 0.628. The van der Waals surface area contributed by atoms with Gasteiger partial charge < -0.3 is 19.6 Å². The molecule has 0 aliphatic carbocycles. The van der Waals surface area contributed by atoms with Crippen LogP contribution in [0, 0.1) is 0 Å². The second-order valence-corrected chi connectivity index (χ2v) is 16.4. The van der Waals surface area contributed by atoms with Crippen molar-refractivity contribution < 1.29 is 9.59 Å². The smallest absolute Gasteiger partial charge is 0.222 e. The van der Waals surface area contributed by atoms with Gasteiger partial charge in [0, 0.05) is 39.0 Å². The standard InChI is InChI=1S/C45H92N4O2.ClH/c1-7-9-11-13-15-17-19-21-23-25-27-29-31-36-44(50)48(40-33-38-46(3)4)42-35-43-49(41-34-39-47(5)6)45(51)37-32-30-28-26-24-22-20-18-16-14-12-10-8-2;/h7-43H2,1-6H3;1H. The quantitative estimate of drug-likeness (QED) is 0.0584. The van der Waals surface area contributed by atoms with E-state index in [2.05, 4.69) is 61.6 Å². The fourth-order valence-corrected chi connectivity index (χ4v) is 7.23. The molecular weight excluding hydrogens is 664 g/mol. The molecule has 312 valence electrons. The lowest BCUT2D eigenvalue weighted by Crippen LogP contribution is -2.38.